The molecule has 1 aromatic rings. The van der Waals surface area contributed by atoms with Gasteiger partial charge in [-0.25, -0.2) is 0 Å². The highest BCUT2D eigenvalue weighted by Gasteiger charge is 2.08. The summed E-state index contributed by atoms with van der Waals surface area (Å²) in [5.74, 6) is 1.01. The molecule has 0 fully saturated rings. The minimum atomic E-state index is 0.255. The van der Waals surface area contributed by atoms with Gasteiger partial charge in [-0.05, 0) is 38.4 Å². The Morgan fingerprint density at radius 3 is 2.71 bits per heavy atom. The lowest BCUT2D eigenvalue weighted by Crippen LogP contribution is -2.32. The molecule has 0 bridgehead atoms. The van der Waals surface area contributed by atoms with Gasteiger partial charge < -0.3 is 10.4 Å². The van der Waals surface area contributed by atoms with Gasteiger partial charge in [-0.2, -0.15) is 0 Å². The molecule has 0 saturated heterocycles. The van der Waals surface area contributed by atoms with E-state index in [1.165, 1.54) is 16.0 Å². The molecule has 0 spiro atoms. The molecule has 0 radical (unpaired) electrons. The van der Waals surface area contributed by atoms with Crippen molar-refractivity contribution >= 4 is 11.8 Å². The average molecular weight is 253 g/mol. The molecular formula is C14H23NOS. The van der Waals surface area contributed by atoms with E-state index in [2.05, 4.69) is 44.3 Å². The Bertz CT molecular complexity index is 335. The topological polar surface area (TPSA) is 32.3 Å². The maximum Gasteiger partial charge on any atom is 0.0446 e. The van der Waals surface area contributed by atoms with Crippen LogP contribution >= 0.6 is 11.8 Å². The van der Waals surface area contributed by atoms with Crippen LogP contribution in [0.3, 0.4) is 0 Å². The first-order valence-electron chi connectivity index (χ1n) is 6.21. The van der Waals surface area contributed by atoms with Crippen LogP contribution in [0, 0.1) is 13.8 Å². The predicted octanol–water partition coefficient (Wildman–Crippen LogP) is 2.76. The van der Waals surface area contributed by atoms with Crippen LogP contribution < -0.4 is 5.32 Å². The molecule has 1 unspecified atom stereocenters. The molecule has 0 aliphatic rings. The van der Waals surface area contributed by atoms with Crippen LogP contribution in [-0.4, -0.2) is 30.1 Å². The van der Waals surface area contributed by atoms with Gasteiger partial charge in [0.15, 0.2) is 0 Å². The number of aliphatic hydroxyl groups is 1. The Kier molecular flexibility index (Phi) is 6.63. The highest BCUT2D eigenvalue weighted by Crippen LogP contribution is 2.24. The van der Waals surface area contributed by atoms with Crippen LogP contribution in [0.4, 0.5) is 0 Å². The van der Waals surface area contributed by atoms with Crippen molar-refractivity contribution in [1.82, 2.24) is 5.32 Å². The Morgan fingerprint density at radius 2 is 2.12 bits per heavy atom. The summed E-state index contributed by atoms with van der Waals surface area (Å²) < 4.78 is 0. The number of benzene rings is 1. The molecule has 17 heavy (non-hydrogen) atoms. The van der Waals surface area contributed by atoms with Crippen LogP contribution in [0.2, 0.25) is 0 Å². The number of nitrogens with one attached hydrogen (secondary N) is 1. The average Bonchev–Trinajstić information content (AvgIpc) is 2.28. The van der Waals surface area contributed by atoms with E-state index in [-0.39, 0.29) is 6.61 Å². The number of thioether (sulfide) groups is 1. The second-order valence-corrected chi connectivity index (χ2v) is 5.41. The Morgan fingerprint density at radius 1 is 1.35 bits per heavy atom. The van der Waals surface area contributed by atoms with E-state index in [4.69, 9.17) is 5.11 Å². The van der Waals surface area contributed by atoms with Crippen molar-refractivity contribution < 1.29 is 5.11 Å². The lowest BCUT2D eigenvalue weighted by atomic mass is 10.2. The number of hydrogen-bond donors (Lipinski definition) is 2. The first kappa shape index (κ1) is 14.6. The number of aryl methyl sites for hydroxylation is 2. The Labute approximate surface area is 109 Å². The van der Waals surface area contributed by atoms with Crippen LogP contribution in [0.25, 0.3) is 0 Å². The third-order valence-corrected chi connectivity index (χ3v) is 4.08. The second kappa shape index (κ2) is 7.75. The zero-order chi connectivity index (χ0) is 12.7. The summed E-state index contributed by atoms with van der Waals surface area (Å²) in [4.78, 5) is 1.34. The molecule has 0 aromatic heterocycles. The summed E-state index contributed by atoms with van der Waals surface area (Å²) in [5, 5.41) is 12.4. The monoisotopic (exact) mass is 253 g/mol. The van der Waals surface area contributed by atoms with Crippen molar-refractivity contribution in [2.75, 3.05) is 18.9 Å². The molecule has 1 atom stereocenters. The van der Waals surface area contributed by atoms with Gasteiger partial charge in [0.2, 0.25) is 0 Å². The van der Waals surface area contributed by atoms with Crippen molar-refractivity contribution in [3.8, 4) is 0 Å². The van der Waals surface area contributed by atoms with E-state index in [1.807, 2.05) is 11.8 Å². The van der Waals surface area contributed by atoms with Gasteiger partial charge >= 0.3 is 0 Å². The van der Waals surface area contributed by atoms with E-state index < -0.39 is 0 Å². The van der Waals surface area contributed by atoms with Gasteiger partial charge in [-0.3, -0.25) is 0 Å². The van der Waals surface area contributed by atoms with E-state index in [9.17, 15) is 0 Å². The largest absolute Gasteiger partial charge is 0.396 e. The molecule has 0 saturated carbocycles. The molecule has 96 valence electrons. The third kappa shape index (κ3) is 5.11. The fourth-order valence-corrected chi connectivity index (χ4v) is 2.96. The maximum atomic E-state index is 9.00. The summed E-state index contributed by atoms with van der Waals surface area (Å²) in [6.07, 6.45) is 0.825. The fraction of sp³-hybridized carbons (Fsp3) is 0.571. The molecule has 0 amide bonds. The van der Waals surface area contributed by atoms with E-state index >= 15 is 0 Å². The minimum absolute atomic E-state index is 0.255. The first-order chi connectivity index (χ1) is 8.17. The molecule has 0 aliphatic carbocycles. The smallest absolute Gasteiger partial charge is 0.0446 e. The standard InChI is InChI=1S/C14H23NOS/c1-4-15-13(7-8-16)10-17-14-6-5-11(2)9-12(14)3/h5-6,9,13,15-16H,4,7-8,10H2,1-3H3. The molecular weight excluding hydrogens is 230 g/mol. The van der Waals surface area contributed by atoms with Gasteiger partial charge in [-0.1, -0.05) is 24.6 Å². The lowest BCUT2D eigenvalue weighted by molar-refractivity contribution is 0.271. The van der Waals surface area contributed by atoms with Gasteiger partial charge in [0.25, 0.3) is 0 Å². The summed E-state index contributed by atoms with van der Waals surface area (Å²) in [6, 6.07) is 6.97. The zero-order valence-corrected chi connectivity index (χ0v) is 11.8. The van der Waals surface area contributed by atoms with Crippen molar-refractivity contribution in [3.05, 3.63) is 29.3 Å². The molecule has 1 rings (SSSR count). The SMILES string of the molecule is CCNC(CCO)CSc1ccc(C)cc1C. The van der Waals surface area contributed by atoms with E-state index in [0.717, 1.165) is 18.7 Å². The molecule has 1 aromatic carbocycles. The zero-order valence-electron chi connectivity index (χ0n) is 11.0. The molecule has 0 heterocycles. The van der Waals surface area contributed by atoms with Gasteiger partial charge in [0.1, 0.15) is 0 Å². The fourth-order valence-electron chi connectivity index (χ4n) is 1.84. The van der Waals surface area contributed by atoms with E-state index in [1.54, 1.807) is 0 Å². The normalized spacial score (nSPS) is 12.7. The highest BCUT2D eigenvalue weighted by atomic mass is 32.2. The molecule has 2 nitrogen and oxygen atoms in total. The number of hydrogen-bond acceptors (Lipinski definition) is 3. The molecule has 3 heteroatoms. The van der Waals surface area contributed by atoms with E-state index in [0.29, 0.717) is 6.04 Å². The van der Waals surface area contributed by atoms with Crippen molar-refractivity contribution in [3.63, 3.8) is 0 Å². The first-order valence-corrected chi connectivity index (χ1v) is 7.20. The lowest BCUT2D eigenvalue weighted by Gasteiger charge is -2.17. The Balaban J connectivity index is 2.52. The predicted molar refractivity (Wildman–Crippen MR) is 75.8 cm³/mol. The van der Waals surface area contributed by atoms with Crippen molar-refractivity contribution in [2.45, 2.75) is 38.1 Å². The third-order valence-electron chi connectivity index (χ3n) is 2.74. The summed E-state index contributed by atoms with van der Waals surface area (Å²) in [7, 11) is 0. The summed E-state index contributed by atoms with van der Waals surface area (Å²) >= 11 is 1.87. The highest BCUT2D eigenvalue weighted by molar-refractivity contribution is 7.99. The van der Waals surface area contributed by atoms with Crippen molar-refractivity contribution in [1.29, 1.82) is 0 Å². The van der Waals surface area contributed by atoms with Gasteiger partial charge in [0.05, 0.1) is 0 Å². The van der Waals surface area contributed by atoms with Gasteiger partial charge in [-0.15, -0.1) is 11.8 Å². The van der Waals surface area contributed by atoms with Gasteiger partial charge in [0, 0.05) is 23.3 Å². The Hall–Kier alpha value is -0.510. The van der Waals surface area contributed by atoms with Crippen LogP contribution in [0.5, 0.6) is 0 Å². The van der Waals surface area contributed by atoms with Crippen LogP contribution in [0.1, 0.15) is 24.5 Å². The van der Waals surface area contributed by atoms with Crippen molar-refractivity contribution in [2.24, 2.45) is 0 Å². The summed E-state index contributed by atoms with van der Waals surface area (Å²) in [5.41, 5.74) is 2.65. The maximum absolute atomic E-state index is 9.00. The molecule has 2 N–H and O–H groups in total. The quantitative estimate of drug-likeness (QED) is 0.733. The molecule has 0 aliphatic heterocycles. The van der Waals surface area contributed by atoms with Crippen LogP contribution in [0.15, 0.2) is 23.1 Å². The number of aliphatic hydroxyl groups excluding tert-OH is 1. The number of rotatable bonds is 7. The summed E-state index contributed by atoms with van der Waals surface area (Å²) in [6.45, 7) is 7.59. The second-order valence-electron chi connectivity index (χ2n) is 4.35. The minimum Gasteiger partial charge on any atom is -0.396 e. The van der Waals surface area contributed by atoms with Crippen LogP contribution in [-0.2, 0) is 0 Å².